The van der Waals surface area contributed by atoms with E-state index >= 15 is 0 Å². The first-order valence-corrected chi connectivity index (χ1v) is 6.89. The number of aromatic nitrogens is 3. The normalized spacial score (nSPS) is 11.3. The molecule has 0 amide bonds. The Hall–Kier alpha value is -2.72. The van der Waals surface area contributed by atoms with Crippen LogP contribution in [0.3, 0.4) is 0 Å². The smallest absolute Gasteiger partial charge is 0.159 e. The Morgan fingerprint density at radius 2 is 1.71 bits per heavy atom. The molecule has 0 saturated carbocycles. The average Bonchev–Trinajstić information content (AvgIpc) is 2.97. The van der Waals surface area contributed by atoms with Crippen LogP contribution in [0, 0.1) is 0 Å². The summed E-state index contributed by atoms with van der Waals surface area (Å²) >= 11 is 0. The van der Waals surface area contributed by atoms with Gasteiger partial charge in [0.2, 0.25) is 0 Å². The Labute approximate surface area is 121 Å². The predicted octanol–water partition coefficient (Wildman–Crippen LogP) is 3.03. The summed E-state index contributed by atoms with van der Waals surface area (Å²) in [4.78, 5) is 4.76. The second kappa shape index (κ2) is 4.68. The van der Waals surface area contributed by atoms with Crippen molar-refractivity contribution in [3.63, 3.8) is 0 Å². The van der Waals surface area contributed by atoms with Crippen LogP contribution in [0.5, 0.6) is 0 Å². The minimum Gasteiger partial charge on any atom is -0.326 e. The fraction of sp³-hybridized carbons (Fsp3) is 0.0588. The second-order valence-electron chi connectivity index (χ2n) is 4.98. The lowest BCUT2D eigenvalue weighted by Crippen LogP contribution is -2.08. The summed E-state index contributed by atoms with van der Waals surface area (Å²) in [7, 11) is 0. The first kappa shape index (κ1) is 12.1. The lowest BCUT2D eigenvalue weighted by atomic mass is 10.1. The molecule has 102 valence electrons. The number of rotatable bonds is 2. The number of para-hydroxylation sites is 2. The zero-order chi connectivity index (χ0) is 14.2. The van der Waals surface area contributed by atoms with Crippen LogP contribution in [0.15, 0.2) is 60.8 Å². The van der Waals surface area contributed by atoms with Crippen molar-refractivity contribution in [2.45, 2.75) is 6.54 Å². The average molecular weight is 274 g/mol. The van der Waals surface area contributed by atoms with Crippen molar-refractivity contribution in [1.29, 1.82) is 0 Å². The molecule has 0 radical (unpaired) electrons. The van der Waals surface area contributed by atoms with Crippen molar-refractivity contribution >= 4 is 21.8 Å². The molecule has 2 aromatic carbocycles. The van der Waals surface area contributed by atoms with Gasteiger partial charge in [-0.25, -0.2) is 9.67 Å². The first-order chi connectivity index (χ1) is 10.4. The van der Waals surface area contributed by atoms with Crippen LogP contribution in [0.4, 0.5) is 0 Å². The van der Waals surface area contributed by atoms with Crippen LogP contribution in [0.25, 0.3) is 27.6 Å². The summed E-state index contributed by atoms with van der Waals surface area (Å²) in [5.74, 6) is 0.803. The van der Waals surface area contributed by atoms with Crippen molar-refractivity contribution in [3.8, 4) is 5.82 Å². The molecule has 2 aromatic heterocycles. The van der Waals surface area contributed by atoms with Crippen LogP contribution in [0.2, 0.25) is 0 Å². The molecule has 21 heavy (non-hydrogen) atoms. The van der Waals surface area contributed by atoms with Gasteiger partial charge in [0.15, 0.2) is 5.82 Å². The van der Waals surface area contributed by atoms with Gasteiger partial charge in [0.05, 0.1) is 17.2 Å². The van der Waals surface area contributed by atoms with E-state index < -0.39 is 0 Å². The van der Waals surface area contributed by atoms with Crippen LogP contribution in [-0.2, 0) is 6.54 Å². The quantitative estimate of drug-likeness (QED) is 0.611. The number of nitrogens with two attached hydrogens (primary N) is 1. The van der Waals surface area contributed by atoms with Crippen LogP contribution in [0.1, 0.15) is 5.56 Å². The fourth-order valence-corrected chi connectivity index (χ4v) is 2.62. The third-order valence-corrected chi connectivity index (χ3v) is 3.68. The number of hydrogen-bond acceptors (Lipinski definition) is 3. The molecule has 0 fully saturated rings. The minimum atomic E-state index is 0.432. The number of pyridine rings is 1. The van der Waals surface area contributed by atoms with Crippen molar-refractivity contribution in [2.75, 3.05) is 0 Å². The Morgan fingerprint density at radius 1 is 0.952 bits per heavy atom. The molecule has 4 rings (SSSR count). The van der Waals surface area contributed by atoms with Crippen molar-refractivity contribution in [2.24, 2.45) is 5.73 Å². The van der Waals surface area contributed by atoms with Gasteiger partial charge >= 0.3 is 0 Å². The fourth-order valence-electron chi connectivity index (χ4n) is 2.62. The van der Waals surface area contributed by atoms with Crippen LogP contribution >= 0.6 is 0 Å². The van der Waals surface area contributed by atoms with E-state index in [0.29, 0.717) is 6.54 Å². The standard InChI is InChI=1S/C17H14N4/c18-10-14-9-12-5-1-3-7-15(12)20-17(14)21-16-8-4-2-6-13(16)11-19-21/h1-9,11H,10,18H2. The summed E-state index contributed by atoms with van der Waals surface area (Å²) in [6.07, 6.45) is 1.85. The van der Waals surface area contributed by atoms with Gasteiger partial charge in [-0.05, 0) is 18.2 Å². The number of fused-ring (bicyclic) bond motifs is 2. The Bertz CT molecular complexity index is 940. The lowest BCUT2D eigenvalue weighted by molar-refractivity contribution is 0.855. The van der Waals surface area contributed by atoms with Gasteiger partial charge in [-0.1, -0.05) is 36.4 Å². The van der Waals surface area contributed by atoms with E-state index in [1.54, 1.807) is 0 Å². The molecular weight excluding hydrogens is 260 g/mol. The molecule has 2 heterocycles. The van der Waals surface area contributed by atoms with E-state index in [1.165, 1.54) is 0 Å². The zero-order valence-electron chi connectivity index (χ0n) is 11.4. The lowest BCUT2D eigenvalue weighted by Gasteiger charge is -2.10. The van der Waals surface area contributed by atoms with Gasteiger partial charge < -0.3 is 5.73 Å². The highest BCUT2D eigenvalue weighted by Crippen LogP contribution is 2.22. The molecular formula is C17H14N4. The minimum absolute atomic E-state index is 0.432. The molecule has 0 atom stereocenters. The molecule has 4 aromatic rings. The van der Waals surface area contributed by atoms with Crippen molar-refractivity contribution < 1.29 is 0 Å². The third-order valence-electron chi connectivity index (χ3n) is 3.68. The van der Waals surface area contributed by atoms with Gasteiger partial charge in [0, 0.05) is 22.9 Å². The molecule has 0 aliphatic heterocycles. The van der Waals surface area contributed by atoms with E-state index in [-0.39, 0.29) is 0 Å². The molecule has 4 nitrogen and oxygen atoms in total. The maximum atomic E-state index is 5.91. The van der Waals surface area contributed by atoms with Gasteiger partial charge in [0.1, 0.15) is 0 Å². The Kier molecular flexibility index (Phi) is 2.69. The zero-order valence-corrected chi connectivity index (χ0v) is 11.4. The van der Waals surface area contributed by atoms with E-state index in [0.717, 1.165) is 33.2 Å². The van der Waals surface area contributed by atoms with Crippen LogP contribution in [-0.4, -0.2) is 14.8 Å². The number of hydrogen-bond donors (Lipinski definition) is 1. The van der Waals surface area contributed by atoms with Crippen molar-refractivity contribution in [3.05, 3.63) is 66.4 Å². The highest BCUT2D eigenvalue weighted by molar-refractivity contribution is 5.83. The van der Waals surface area contributed by atoms with E-state index in [1.807, 2.05) is 59.4 Å². The van der Waals surface area contributed by atoms with Gasteiger partial charge in [-0.2, -0.15) is 5.10 Å². The third kappa shape index (κ3) is 1.88. The molecule has 0 bridgehead atoms. The summed E-state index contributed by atoms with van der Waals surface area (Å²) < 4.78 is 1.87. The predicted molar refractivity (Wildman–Crippen MR) is 84.3 cm³/mol. The Balaban J connectivity index is 2.04. The molecule has 0 spiro atoms. The van der Waals surface area contributed by atoms with Gasteiger partial charge in [-0.15, -0.1) is 0 Å². The van der Waals surface area contributed by atoms with Crippen molar-refractivity contribution in [1.82, 2.24) is 14.8 Å². The molecule has 0 aliphatic carbocycles. The summed E-state index contributed by atoms with van der Waals surface area (Å²) in [5.41, 5.74) is 8.88. The van der Waals surface area contributed by atoms with Crippen LogP contribution < -0.4 is 5.73 Å². The number of nitrogens with zero attached hydrogens (tertiary/aromatic N) is 3. The monoisotopic (exact) mass is 274 g/mol. The molecule has 2 N–H and O–H groups in total. The highest BCUT2D eigenvalue weighted by atomic mass is 15.3. The summed E-state index contributed by atoms with van der Waals surface area (Å²) in [6.45, 7) is 0.432. The molecule has 4 heteroatoms. The van der Waals surface area contributed by atoms with Gasteiger partial charge in [0.25, 0.3) is 0 Å². The summed E-state index contributed by atoms with van der Waals surface area (Å²) in [5, 5.41) is 6.67. The van der Waals surface area contributed by atoms with E-state index in [4.69, 9.17) is 10.7 Å². The Morgan fingerprint density at radius 3 is 2.57 bits per heavy atom. The first-order valence-electron chi connectivity index (χ1n) is 6.89. The maximum absolute atomic E-state index is 5.91. The largest absolute Gasteiger partial charge is 0.326 e. The highest BCUT2D eigenvalue weighted by Gasteiger charge is 2.11. The van der Waals surface area contributed by atoms with E-state index in [2.05, 4.69) is 11.2 Å². The number of benzene rings is 2. The maximum Gasteiger partial charge on any atom is 0.159 e. The SMILES string of the molecule is NCc1cc2ccccc2nc1-n1ncc2ccccc21. The molecule has 0 saturated heterocycles. The van der Waals surface area contributed by atoms with E-state index in [9.17, 15) is 0 Å². The molecule has 0 aliphatic rings. The second-order valence-corrected chi connectivity index (χ2v) is 4.98. The molecule has 0 unspecified atom stereocenters. The van der Waals surface area contributed by atoms with Gasteiger partial charge in [-0.3, -0.25) is 0 Å². The summed E-state index contributed by atoms with van der Waals surface area (Å²) in [6, 6.07) is 18.2. The topological polar surface area (TPSA) is 56.7 Å².